The quantitative estimate of drug-likeness (QED) is 0.857. The van der Waals surface area contributed by atoms with Gasteiger partial charge in [-0.05, 0) is 67.8 Å². The minimum Gasteiger partial charge on any atom is -0.297 e. The number of aromatic nitrogens is 1. The topological polar surface area (TPSA) is 33.2 Å². The van der Waals surface area contributed by atoms with Gasteiger partial charge in [-0.25, -0.2) is 0 Å². The molecule has 0 N–H and O–H groups in total. The number of Topliss-reactive ketones (excluding diaryl/α,β-unsaturated/α-hetero) is 1. The van der Waals surface area contributed by atoms with Crippen molar-refractivity contribution in [2.75, 3.05) is 13.1 Å². The van der Waals surface area contributed by atoms with Gasteiger partial charge in [0, 0.05) is 16.4 Å². The van der Waals surface area contributed by atoms with Crippen molar-refractivity contribution < 1.29 is 4.79 Å². The zero-order valence-corrected chi connectivity index (χ0v) is 12.5. The highest BCUT2D eigenvalue weighted by atomic mass is 79.9. The highest BCUT2D eigenvalue weighted by Crippen LogP contribution is 2.23. The van der Waals surface area contributed by atoms with E-state index in [-0.39, 0.29) is 11.3 Å². The Morgan fingerprint density at radius 2 is 2.06 bits per heavy atom. The van der Waals surface area contributed by atoms with Gasteiger partial charge < -0.3 is 0 Å². The van der Waals surface area contributed by atoms with Crippen LogP contribution in [0.4, 0.5) is 0 Å². The summed E-state index contributed by atoms with van der Waals surface area (Å²) < 4.78 is 0.942. The molecule has 0 spiro atoms. The third kappa shape index (κ3) is 2.98. The van der Waals surface area contributed by atoms with E-state index in [4.69, 9.17) is 0 Å². The van der Waals surface area contributed by atoms with E-state index in [0.717, 1.165) is 23.3 Å². The van der Waals surface area contributed by atoms with Gasteiger partial charge in [-0.2, -0.15) is 0 Å². The maximum atomic E-state index is 12.4. The van der Waals surface area contributed by atoms with Crippen LogP contribution in [-0.4, -0.2) is 34.3 Å². The molecule has 0 atom stereocenters. The maximum Gasteiger partial charge on any atom is 0.158 e. The van der Waals surface area contributed by atoms with Crippen LogP contribution in [-0.2, 0) is 11.2 Å². The van der Waals surface area contributed by atoms with Gasteiger partial charge in [-0.1, -0.05) is 0 Å². The number of carbonyl (C=O) groups is 1. The molecule has 0 unspecified atom stereocenters. The van der Waals surface area contributed by atoms with Crippen LogP contribution in [0, 0.1) is 0 Å². The zero-order chi connectivity index (χ0) is 13.2. The Hall–Kier alpha value is -0.740. The van der Waals surface area contributed by atoms with Crippen LogP contribution in [0.3, 0.4) is 0 Å². The lowest BCUT2D eigenvalue weighted by molar-refractivity contribution is -0.128. The molecule has 1 aliphatic heterocycles. The predicted molar refractivity (Wildman–Crippen MR) is 75.5 cm³/mol. The standard InChI is InChI=1S/C14H19BrN2O/c1-14(2,17-7-3-4-8-17)13(18)9-12-6-5-11(15)10-16-12/h5-6,10H,3-4,7-9H2,1-2H3. The zero-order valence-electron chi connectivity index (χ0n) is 10.9. The number of nitrogens with zero attached hydrogens (tertiary/aromatic N) is 2. The minimum absolute atomic E-state index is 0.249. The van der Waals surface area contributed by atoms with E-state index >= 15 is 0 Å². The summed E-state index contributed by atoms with van der Waals surface area (Å²) in [5.74, 6) is 0.249. The Morgan fingerprint density at radius 1 is 1.39 bits per heavy atom. The molecule has 2 rings (SSSR count). The second kappa shape index (κ2) is 5.49. The summed E-state index contributed by atoms with van der Waals surface area (Å²) in [5, 5.41) is 0. The Bertz CT molecular complexity index is 422. The molecule has 1 saturated heterocycles. The molecule has 1 aromatic heterocycles. The van der Waals surface area contributed by atoms with Crippen LogP contribution < -0.4 is 0 Å². The number of rotatable bonds is 4. The fourth-order valence-corrected chi connectivity index (χ4v) is 2.58. The van der Waals surface area contributed by atoms with Crippen LogP contribution in [0.5, 0.6) is 0 Å². The van der Waals surface area contributed by atoms with Crippen molar-refractivity contribution in [2.24, 2.45) is 0 Å². The number of hydrogen-bond acceptors (Lipinski definition) is 3. The molecule has 2 heterocycles. The van der Waals surface area contributed by atoms with E-state index in [1.807, 2.05) is 26.0 Å². The highest BCUT2D eigenvalue weighted by Gasteiger charge is 2.35. The van der Waals surface area contributed by atoms with Crippen molar-refractivity contribution >= 4 is 21.7 Å². The first kappa shape index (κ1) is 13.7. The Kier molecular flexibility index (Phi) is 4.17. The van der Waals surface area contributed by atoms with E-state index in [9.17, 15) is 4.79 Å². The van der Waals surface area contributed by atoms with E-state index in [1.165, 1.54) is 12.8 Å². The first-order valence-electron chi connectivity index (χ1n) is 6.39. The summed E-state index contributed by atoms with van der Waals surface area (Å²) in [4.78, 5) is 19.0. The molecule has 98 valence electrons. The van der Waals surface area contributed by atoms with Gasteiger partial charge in [0.05, 0.1) is 12.0 Å². The van der Waals surface area contributed by atoms with Crippen molar-refractivity contribution in [3.05, 3.63) is 28.5 Å². The van der Waals surface area contributed by atoms with Gasteiger partial charge in [0.15, 0.2) is 5.78 Å². The molecular weight excluding hydrogens is 292 g/mol. The van der Waals surface area contributed by atoms with Crippen molar-refractivity contribution in [3.63, 3.8) is 0 Å². The number of halogens is 1. The number of ketones is 1. The average molecular weight is 311 g/mol. The van der Waals surface area contributed by atoms with Gasteiger partial charge in [0.1, 0.15) is 0 Å². The fraction of sp³-hybridized carbons (Fsp3) is 0.571. The number of likely N-dealkylation sites (tertiary alicyclic amines) is 1. The van der Waals surface area contributed by atoms with E-state index < -0.39 is 0 Å². The van der Waals surface area contributed by atoms with Gasteiger partial charge in [0.2, 0.25) is 0 Å². The maximum absolute atomic E-state index is 12.4. The van der Waals surface area contributed by atoms with Gasteiger partial charge in [-0.15, -0.1) is 0 Å². The van der Waals surface area contributed by atoms with Crippen molar-refractivity contribution in [1.29, 1.82) is 0 Å². The third-order valence-corrected chi connectivity index (χ3v) is 4.18. The van der Waals surface area contributed by atoms with E-state index in [2.05, 4.69) is 25.8 Å². The minimum atomic E-state index is -0.370. The van der Waals surface area contributed by atoms with Crippen LogP contribution in [0.1, 0.15) is 32.4 Å². The van der Waals surface area contributed by atoms with Gasteiger partial charge >= 0.3 is 0 Å². The molecule has 1 aromatic rings. The first-order chi connectivity index (χ1) is 8.50. The first-order valence-corrected chi connectivity index (χ1v) is 7.18. The number of carbonyl (C=O) groups excluding carboxylic acids is 1. The van der Waals surface area contributed by atoms with Crippen LogP contribution >= 0.6 is 15.9 Å². The molecule has 0 aliphatic carbocycles. The summed E-state index contributed by atoms with van der Waals surface area (Å²) in [6.07, 6.45) is 4.56. The lowest BCUT2D eigenvalue weighted by Crippen LogP contribution is -2.49. The number of hydrogen-bond donors (Lipinski definition) is 0. The van der Waals surface area contributed by atoms with Crippen LogP contribution in [0.2, 0.25) is 0 Å². The van der Waals surface area contributed by atoms with Gasteiger partial charge in [0.25, 0.3) is 0 Å². The van der Waals surface area contributed by atoms with Crippen molar-refractivity contribution in [2.45, 2.75) is 38.6 Å². The normalized spacial score (nSPS) is 17.1. The largest absolute Gasteiger partial charge is 0.297 e. The molecule has 1 fully saturated rings. The van der Waals surface area contributed by atoms with E-state index in [0.29, 0.717) is 6.42 Å². The molecule has 0 radical (unpaired) electrons. The van der Waals surface area contributed by atoms with Gasteiger partial charge in [-0.3, -0.25) is 14.7 Å². The molecule has 0 aromatic carbocycles. The van der Waals surface area contributed by atoms with Crippen molar-refractivity contribution in [1.82, 2.24) is 9.88 Å². The summed E-state index contributed by atoms with van der Waals surface area (Å²) in [6.45, 7) is 6.12. The Labute approximate surface area is 117 Å². The number of pyridine rings is 1. The fourth-order valence-electron chi connectivity index (χ4n) is 2.34. The average Bonchev–Trinajstić information content (AvgIpc) is 2.86. The molecule has 4 heteroatoms. The summed E-state index contributed by atoms with van der Waals surface area (Å²) in [5.41, 5.74) is 0.473. The predicted octanol–water partition coefficient (Wildman–Crippen LogP) is 2.83. The molecule has 0 amide bonds. The van der Waals surface area contributed by atoms with Crippen LogP contribution in [0.25, 0.3) is 0 Å². The second-order valence-corrected chi connectivity index (χ2v) is 6.24. The molecule has 1 aliphatic rings. The molecule has 0 saturated carbocycles. The Balaban J connectivity index is 2.04. The SMILES string of the molecule is CC(C)(C(=O)Cc1ccc(Br)cn1)N1CCCC1. The summed E-state index contributed by atoms with van der Waals surface area (Å²) >= 11 is 3.35. The van der Waals surface area contributed by atoms with E-state index in [1.54, 1.807) is 6.20 Å². The lowest BCUT2D eigenvalue weighted by Gasteiger charge is -2.33. The van der Waals surface area contributed by atoms with Crippen LogP contribution in [0.15, 0.2) is 22.8 Å². The molecule has 3 nitrogen and oxygen atoms in total. The lowest BCUT2D eigenvalue weighted by atomic mass is 9.93. The third-order valence-electron chi connectivity index (χ3n) is 3.71. The van der Waals surface area contributed by atoms with Crippen molar-refractivity contribution in [3.8, 4) is 0 Å². The monoisotopic (exact) mass is 310 g/mol. The Morgan fingerprint density at radius 3 is 2.61 bits per heavy atom. The molecule has 0 bridgehead atoms. The summed E-state index contributed by atoms with van der Waals surface area (Å²) in [7, 11) is 0. The second-order valence-electron chi connectivity index (χ2n) is 5.32. The highest BCUT2D eigenvalue weighted by molar-refractivity contribution is 9.10. The molecular formula is C14H19BrN2O. The smallest absolute Gasteiger partial charge is 0.158 e. The summed E-state index contributed by atoms with van der Waals surface area (Å²) in [6, 6.07) is 3.83. The molecule has 18 heavy (non-hydrogen) atoms.